The van der Waals surface area contributed by atoms with E-state index in [1.54, 1.807) is 41.0 Å². The lowest BCUT2D eigenvalue weighted by atomic mass is 10.2. The number of piperazine rings is 1. The largest absolute Gasteiger partial charge is 0.399 e. The zero-order valence-corrected chi connectivity index (χ0v) is 11.6. The number of carbonyl (C=O) groups excluding carboxylic acids is 2. The second kappa shape index (κ2) is 6.23. The van der Waals surface area contributed by atoms with Gasteiger partial charge in [-0.25, -0.2) is 0 Å². The summed E-state index contributed by atoms with van der Waals surface area (Å²) in [5, 5.41) is 0. The predicted octanol–water partition coefficient (Wildman–Crippen LogP) is 0.973. The molecule has 0 radical (unpaired) electrons. The fourth-order valence-corrected chi connectivity index (χ4v) is 2.12. The molecule has 0 saturated carbocycles. The van der Waals surface area contributed by atoms with Crippen LogP contribution < -0.4 is 5.73 Å². The van der Waals surface area contributed by atoms with Crippen molar-refractivity contribution in [3.63, 3.8) is 0 Å². The number of nitrogens with two attached hydrogens (primary N) is 1. The minimum absolute atomic E-state index is 0.0231. The van der Waals surface area contributed by atoms with Crippen molar-refractivity contribution in [1.29, 1.82) is 0 Å². The molecule has 1 aliphatic rings. The van der Waals surface area contributed by atoms with Crippen LogP contribution in [0, 0.1) is 0 Å². The Balaban J connectivity index is 1.89. The summed E-state index contributed by atoms with van der Waals surface area (Å²) in [6.45, 7) is 3.95. The third-order valence-electron chi connectivity index (χ3n) is 3.39. The van der Waals surface area contributed by atoms with Gasteiger partial charge in [-0.15, -0.1) is 0 Å². The molecule has 2 rings (SSSR count). The molecule has 0 aromatic heterocycles. The van der Waals surface area contributed by atoms with Gasteiger partial charge in [0.2, 0.25) is 11.8 Å². The van der Waals surface area contributed by atoms with Gasteiger partial charge in [0, 0.05) is 44.9 Å². The Labute approximate surface area is 118 Å². The molecule has 1 aromatic rings. The molecule has 5 nitrogen and oxygen atoms in total. The van der Waals surface area contributed by atoms with Gasteiger partial charge in [-0.05, 0) is 23.8 Å². The fourth-order valence-electron chi connectivity index (χ4n) is 2.12. The van der Waals surface area contributed by atoms with E-state index in [9.17, 15) is 9.59 Å². The normalized spacial score (nSPS) is 15.7. The van der Waals surface area contributed by atoms with Gasteiger partial charge >= 0.3 is 0 Å². The molecule has 2 amide bonds. The van der Waals surface area contributed by atoms with Crippen molar-refractivity contribution in [2.24, 2.45) is 0 Å². The molecule has 1 saturated heterocycles. The quantitative estimate of drug-likeness (QED) is 0.645. The average molecular weight is 273 g/mol. The van der Waals surface area contributed by atoms with Crippen LogP contribution in [0.3, 0.4) is 0 Å². The minimum Gasteiger partial charge on any atom is -0.399 e. The molecule has 1 heterocycles. The van der Waals surface area contributed by atoms with Crippen LogP contribution in [0.5, 0.6) is 0 Å². The number of nitrogens with zero attached hydrogens (tertiary/aromatic N) is 2. The minimum atomic E-state index is -0.0231. The summed E-state index contributed by atoms with van der Waals surface area (Å²) in [6.07, 6.45) is 3.34. The van der Waals surface area contributed by atoms with Crippen molar-refractivity contribution in [3.8, 4) is 0 Å². The first-order valence-corrected chi connectivity index (χ1v) is 6.64. The SMILES string of the molecule is CC(=O)N1CCN(C(=O)/C=C/c2ccc(N)cc2)CC1. The van der Waals surface area contributed by atoms with Crippen molar-refractivity contribution in [2.45, 2.75) is 6.92 Å². The third kappa shape index (κ3) is 3.60. The standard InChI is InChI=1S/C15H19N3O2/c1-12(19)17-8-10-18(11-9-17)15(20)7-4-13-2-5-14(16)6-3-13/h2-7H,8-11,16H2,1H3/b7-4+. The summed E-state index contributed by atoms with van der Waals surface area (Å²) in [7, 11) is 0. The van der Waals surface area contributed by atoms with Crippen LogP contribution in [0.25, 0.3) is 6.08 Å². The molecule has 0 unspecified atom stereocenters. The van der Waals surface area contributed by atoms with Crippen LogP contribution in [0.15, 0.2) is 30.3 Å². The highest BCUT2D eigenvalue weighted by Crippen LogP contribution is 2.08. The number of anilines is 1. The van der Waals surface area contributed by atoms with E-state index in [0.717, 1.165) is 5.56 Å². The maximum Gasteiger partial charge on any atom is 0.246 e. The first kappa shape index (κ1) is 14.1. The summed E-state index contributed by atoms with van der Waals surface area (Å²) in [5.41, 5.74) is 7.25. The zero-order valence-electron chi connectivity index (χ0n) is 11.6. The fraction of sp³-hybridized carbons (Fsp3) is 0.333. The number of hydrogen-bond acceptors (Lipinski definition) is 3. The van der Waals surface area contributed by atoms with Crippen molar-refractivity contribution in [2.75, 3.05) is 31.9 Å². The van der Waals surface area contributed by atoms with Crippen LogP contribution in [-0.4, -0.2) is 47.8 Å². The second-order valence-electron chi connectivity index (χ2n) is 4.83. The summed E-state index contributed by atoms with van der Waals surface area (Å²) in [6, 6.07) is 7.34. The molecule has 106 valence electrons. The highest BCUT2D eigenvalue weighted by atomic mass is 16.2. The van der Waals surface area contributed by atoms with E-state index < -0.39 is 0 Å². The van der Waals surface area contributed by atoms with Crippen LogP contribution >= 0.6 is 0 Å². The molecule has 0 bridgehead atoms. The van der Waals surface area contributed by atoms with E-state index in [1.165, 1.54) is 0 Å². The summed E-state index contributed by atoms with van der Waals surface area (Å²) in [4.78, 5) is 26.8. The van der Waals surface area contributed by atoms with Crippen LogP contribution in [0.2, 0.25) is 0 Å². The van der Waals surface area contributed by atoms with Gasteiger partial charge in [0.25, 0.3) is 0 Å². The summed E-state index contributed by atoms with van der Waals surface area (Å²) in [5.74, 6) is 0.0412. The molecule has 1 aliphatic heterocycles. The van der Waals surface area contributed by atoms with Gasteiger partial charge in [-0.2, -0.15) is 0 Å². The van der Waals surface area contributed by atoms with E-state index >= 15 is 0 Å². The molecular formula is C15H19N3O2. The van der Waals surface area contributed by atoms with E-state index in [4.69, 9.17) is 5.73 Å². The monoisotopic (exact) mass is 273 g/mol. The molecule has 1 fully saturated rings. The Morgan fingerprint density at radius 2 is 1.60 bits per heavy atom. The molecule has 5 heteroatoms. The lowest BCUT2D eigenvalue weighted by molar-refractivity contribution is -0.135. The van der Waals surface area contributed by atoms with Crippen molar-refractivity contribution in [3.05, 3.63) is 35.9 Å². The number of nitrogen functional groups attached to an aromatic ring is 1. The van der Waals surface area contributed by atoms with E-state index in [0.29, 0.717) is 31.9 Å². The Morgan fingerprint density at radius 1 is 1.05 bits per heavy atom. The van der Waals surface area contributed by atoms with E-state index in [-0.39, 0.29) is 11.8 Å². The van der Waals surface area contributed by atoms with Gasteiger partial charge in [0.15, 0.2) is 0 Å². The Hall–Kier alpha value is -2.30. The van der Waals surface area contributed by atoms with Gasteiger partial charge in [-0.1, -0.05) is 12.1 Å². The predicted molar refractivity (Wildman–Crippen MR) is 78.7 cm³/mol. The number of carbonyl (C=O) groups is 2. The van der Waals surface area contributed by atoms with Gasteiger partial charge in [-0.3, -0.25) is 9.59 Å². The first-order chi connectivity index (χ1) is 9.56. The van der Waals surface area contributed by atoms with Gasteiger partial charge in [0.1, 0.15) is 0 Å². The van der Waals surface area contributed by atoms with E-state index in [1.807, 2.05) is 12.1 Å². The highest BCUT2D eigenvalue weighted by Gasteiger charge is 2.20. The number of hydrogen-bond donors (Lipinski definition) is 1. The Kier molecular flexibility index (Phi) is 4.40. The lowest BCUT2D eigenvalue weighted by Crippen LogP contribution is -2.49. The van der Waals surface area contributed by atoms with Crippen molar-refractivity contribution >= 4 is 23.6 Å². The van der Waals surface area contributed by atoms with Gasteiger partial charge < -0.3 is 15.5 Å². The molecule has 20 heavy (non-hydrogen) atoms. The van der Waals surface area contributed by atoms with Crippen LogP contribution in [-0.2, 0) is 9.59 Å². The van der Waals surface area contributed by atoms with E-state index in [2.05, 4.69) is 0 Å². The third-order valence-corrected chi connectivity index (χ3v) is 3.39. The number of benzene rings is 1. The summed E-state index contributed by atoms with van der Waals surface area (Å²) >= 11 is 0. The molecule has 0 spiro atoms. The Morgan fingerprint density at radius 3 is 2.15 bits per heavy atom. The lowest BCUT2D eigenvalue weighted by Gasteiger charge is -2.33. The maximum atomic E-state index is 12.0. The maximum absolute atomic E-state index is 12.0. The summed E-state index contributed by atoms with van der Waals surface area (Å²) < 4.78 is 0. The molecular weight excluding hydrogens is 254 g/mol. The number of amides is 2. The smallest absolute Gasteiger partial charge is 0.246 e. The molecule has 1 aromatic carbocycles. The second-order valence-corrected chi connectivity index (χ2v) is 4.83. The molecule has 0 aliphatic carbocycles. The van der Waals surface area contributed by atoms with Gasteiger partial charge in [0.05, 0.1) is 0 Å². The number of rotatable bonds is 2. The molecule has 0 atom stereocenters. The first-order valence-electron chi connectivity index (χ1n) is 6.64. The zero-order chi connectivity index (χ0) is 14.5. The Bertz CT molecular complexity index is 514. The van der Waals surface area contributed by atoms with Crippen LogP contribution in [0.4, 0.5) is 5.69 Å². The average Bonchev–Trinajstić information content (AvgIpc) is 2.46. The topological polar surface area (TPSA) is 66.6 Å². The van der Waals surface area contributed by atoms with Crippen LogP contribution in [0.1, 0.15) is 12.5 Å². The van der Waals surface area contributed by atoms with Crippen molar-refractivity contribution in [1.82, 2.24) is 9.80 Å². The molecule has 2 N–H and O–H groups in total. The highest BCUT2D eigenvalue weighted by molar-refractivity contribution is 5.92. The van der Waals surface area contributed by atoms with Crippen molar-refractivity contribution < 1.29 is 9.59 Å².